The molecule has 0 bridgehead atoms. The zero-order valence-electron chi connectivity index (χ0n) is 11.9. The molecule has 1 N–H and O–H groups in total. The SMILES string of the molecule is CC(C)CNC(=O)c1csc(COc2cccc(F)c2)n1. The van der Waals surface area contributed by atoms with Crippen molar-refractivity contribution in [3.8, 4) is 5.75 Å². The van der Waals surface area contributed by atoms with Crippen molar-refractivity contribution in [2.75, 3.05) is 6.54 Å². The van der Waals surface area contributed by atoms with E-state index >= 15 is 0 Å². The fourth-order valence-corrected chi connectivity index (χ4v) is 2.26. The van der Waals surface area contributed by atoms with Crippen LogP contribution in [-0.2, 0) is 6.61 Å². The molecular weight excluding hydrogens is 291 g/mol. The average molecular weight is 308 g/mol. The van der Waals surface area contributed by atoms with Crippen LogP contribution in [0.2, 0.25) is 0 Å². The van der Waals surface area contributed by atoms with Crippen molar-refractivity contribution in [3.63, 3.8) is 0 Å². The average Bonchev–Trinajstić information content (AvgIpc) is 2.91. The lowest BCUT2D eigenvalue weighted by Crippen LogP contribution is -2.27. The van der Waals surface area contributed by atoms with Crippen LogP contribution in [-0.4, -0.2) is 17.4 Å². The number of hydrogen-bond donors (Lipinski definition) is 1. The predicted octanol–water partition coefficient (Wildman–Crippen LogP) is 3.25. The largest absolute Gasteiger partial charge is 0.486 e. The number of halogens is 1. The summed E-state index contributed by atoms with van der Waals surface area (Å²) in [7, 11) is 0. The smallest absolute Gasteiger partial charge is 0.270 e. The molecule has 0 radical (unpaired) electrons. The molecule has 4 nitrogen and oxygen atoms in total. The van der Waals surface area contributed by atoms with Crippen LogP contribution >= 0.6 is 11.3 Å². The molecule has 1 aromatic carbocycles. The number of nitrogens with zero attached hydrogens (tertiary/aromatic N) is 1. The van der Waals surface area contributed by atoms with Crippen LogP contribution in [0.4, 0.5) is 4.39 Å². The maximum absolute atomic E-state index is 13.0. The highest BCUT2D eigenvalue weighted by molar-refractivity contribution is 7.09. The summed E-state index contributed by atoms with van der Waals surface area (Å²) in [6.45, 7) is 4.89. The Morgan fingerprint density at radius 1 is 1.48 bits per heavy atom. The Hall–Kier alpha value is -1.95. The third-order valence-electron chi connectivity index (χ3n) is 2.61. The topological polar surface area (TPSA) is 51.2 Å². The zero-order valence-corrected chi connectivity index (χ0v) is 12.7. The van der Waals surface area contributed by atoms with Gasteiger partial charge in [0.2, 0.25) is 0 Å². The Kier molecular flexibility index (Phi) is 5.27. The summed E-state index contributed by atoms with van der Waals surface area (Å²) in [4.78, 5) is 16.0. The van der Waals surface area contributed by atoms with Crippen LogP contribution in [0.3, 0.4) is 0 Å². The second-order valence-corrected chi connectivity index (χ2v) is 5.92. The third kappa shape index (κ3) is 4.82. The third-order valence-corrected chi connectivity index (χ3v) is 3.44. The number of carbonyl (C=O) groups is 1. The first kappa shape index (κ1) is 15.4. The van der Waals surface area contributed by atoms with Gasteiger partial charge in [-0.3, -0.25) is 4.79 Å². The van der Waals surface area contributed by atoms with Crippen molar-refractivity contribution < 1.29 is 13.9 Å². The lowest BCUT2D eigenvalue weighted by molar-refractivity contribution is 0.0944. The number of amides is 1. The molecule has 0 aliphatic rings. The number of rotatable bonds is 6. The second kappa shape index (κ2) is 7.17. The Labute approximate surface area is 127 Å². The molecule has 1 amide bonds. The van der Waals surface area contributed by atoms with Gasteiger partial charge >= 0.3 is 0 Å². The number of nitrogens with one attached hydrogen (secondary N) is 1. The van der Waals surface area contributed by atoms with Crippen molar-refractivity contribution >= 4 is 17.2 Å². The molecule has 0 fully saturated rings. The van der Waals surface area contributed by atoms with E-state index in [0.717, 1.165) is 0 Å². The standard InChI is InChI=1S/C15H17FN2O2S/c1-10(2)7-17-15(19)13-9-21-14(18-13)8-20-12-5-3-4-11(16)6-12/h3-6,9-10H,7-8H2,1-2H3,(H,17,19). The predicted molar refractivity (Wildman–Crippen MR) is 80.0 cm³/mol. The summed E-state index contributed by atoms with van der Waals surface area (Å²) >= 11 is 1.34. The molecule has 1 aromatic heterocycles. The molecule has 2 aromatic rings. The number of carbonyl (C=O) groups excluding carboxylic acids is 1. The molecule has 0 unspecified atom stereocenters. The Morgan fingerprint density at radius 3 is 3.00 bits per heavy atom. The van der Waals surface area contributed by atoms with E-state index in [1.807, 2.05) is 13.8 Å². The quantitative estimate of drug-likeness (QED) is 0.891. The Bertz CT molecular complexity index is 613. The lowest BCUT2D eigenvalue weighted by Gasteiger charge is -2.05. The number of ether oxygens (including phenoxy) is 1. The molecule has 21 heavy (non-hydrogen) atoms. The normalized spacial score (nSPS) is 10.7. The van der Waals surface area contributed by atoms with Crippen molar-refractivity contribution in [3.05, 3.63) is 46.2 Å². The molecule has 0 saturated heterocycles. The molecule has 1 heterocycles. The van der Waals surface area contributed by atoms with Crippen LogP contribution < -0.4 is 10.1 Å². The van der Waals surface area contributed by atoms with Gasteiger partial charge < -0.3 is 10.1 Å². The summed E-state index contributed by atoms with van der Waals surface area (Å²) < 4.78 is 18.4. The van der Waals surface area contributed by atoms with E-state index in [4.69, 9.17) is 4.74 Å². The number of hydrogen-bond acceptors (Lipinski definition) is 4. The van der Waals surface area contributed by atoms with Gasteiger partial charge in [-0.1, -0.05) is 19.9 Å². The lowest BCUT2D eigenvalue weighted by atomic mass is 10.2. The maximum Gasteiger partial charge on any atom is 0.270 e. The molecule has 6 heteroatoms. The van der Waals surface area contributed by atoms with Crippen LogP contribution in [0.15, 0.2) is 29.6 Å². The minimum atomic E-state index is -0.347. The molecule has 0 aliphatic carbocycles. The highest BCUT2D eigenvalue weighted by Gasteiger charge is 2.11. The van der Waals surface area contributed by atoms with E-state index in [-0.39, 0.29) is 18.3 Å². The minimum absolute atomic E-state index is 0.183. The van der Waals surface area contributed by atoms with Crippen LogP contribution in [0.25, 0.3) is 0 Å². The van der Waals surface area contributed by atoms with Crippen molar-refractivity contribution in [1.82, 2.24) is 10.3 Å². The fourth-order valence-electron chi connectivity index (χ4n) is 1.57. The Morgan fingerprint density at radius 2 is 2.29 bits per heavy atom. The van der Waals surface area contributed by atoms with Gasteiger partial charge in [-0.05, 0) is 18.1 Å². The highest BCUT2D eigenvalue weighted by atomic mass is 32.1. The summed E-state index contributed by atoms with van der Waals surface area (Å²) in [5, 5.41) is 5.18. The van der Waals surface area contributed by atoms with Gasteiger partial charge in [0.05, 0.1) is 0 Å². The van der Waals surface area contributed by atoms with E-state index in [2.05, 4.69) is 10.3 Å². The number of aromatic nitrogens is 1. The summed E-state index contributed by atoms with van der Waals surface area (Å²) in [5.74, 6) is 0.303. The molecule has 0 saturated carbocycles. The highest BCUT2D eigenvalue weighted by Crippen LogP contribution is 2.16. The van der Waals surface area contributed by atoms with E-state index in [0.29, 0.717) is 28.9 Å². The molecular formula is C15H17FN2O2S. The van der Waals surface area contributed by atoms with Gasteiger partial charge in [-0.25, -0.2) is 9.37 Å². The van der Waals surface area contributed by atoms with Crippen molar-refractivity contribution in [2.24, 2.45) is 5.92 Å². The summed E-state index contributed by atoms with van der Waals surface area (Å²) in [6.07, 6.45) is 0. The summed E-state index contributed by atoms with van der Waals surface area (Å²) in [6, 6.07) is 5.92. The van der Waals surface area contributed by atoms with Crippen molar-refractivity contribution in [1.29, 1.82) is 0 Å². The molecule has 2 rings (SSSR count). The summed E-state index contributed by atoms with van der Waals surface area (Å²) in [5.41, 5.74) is 0.387. The number of thiazole rings is 1. The zero-order chi connectivity index (χ0) is 15.2. The van der Waals surface area contributed by atoms with Gasteiger partial charge in [0.15, 0.2) is 0 Å². The van der Waals surface area contributed by atoms with Gasteiger partial charge in [0, 0.05) is 18.0 Å². The maximum atomic E-state index is 13.0. The van der Waals surface area contributed by atoms with Gasteiger partial charge in [0.25, 0.3) is 5.91 Å². The minimum Gasteiger partial charge on any atom is -0.486 e. The van der Waals surface area contributed by atoms with Gasteiger partial charge in [0.1, 0.15) is 28.9 Å². The molecule has 0 spiro atoms. The van der Waals surface area contributed by atoms with E-state index in [1.165, 1.54) is 23.5 Å². The first-order valence-corrected chi connectivity index (χ1v) is 7.53. The van der Waals surface area contributed by atoms with Crippen LogP contribution in [0.5, 0.6) is 5.75 Å². The van der Waals surface area contributed by atoms with E-state index in [9.17, 15) is 9.18 Å². The molecule has 0 aliphatic heterocycles. The fraction of sp³-hybridized carbons (Fsp3) is 0.333. The van der Waals surface area contributed by atoms with Gasteiger partial charge in [-0.2, -0.15) is 0 Å². The Balaban J connectivity index is 1.89. The molecule has 112 valence electrons. The van der Waals surface area contributed by atoms with Crippen molar-refractivity contribution in [2.45, 2.75) is 20.5 Å². The first-order valence-electron chi connectivity index (χ1n) is 6.65. The second-order valence-electron chi connectivity index (χ2n) is 4.98. The molecule has 0 atom stereocenters. The first-order chi connectivity index (χ1) is 10.0. The van der Waals surface area contributed by atoms with Crippen LogP contribution in [0, 0.1) is 11.7 Å². The number of benzene rings is 1. The monoisotopic (exact) mass is 308 g/mol. The van der Waals surface area contributed by atoms with E-state index in [1.54, 1.807) is 17.5 Å². The van der Waals surface area contributed by atoms with Gasteiger partial charge in [-0.15, -0.1) is 11.3 Å². The van der Waals surface area contributed by atoms with Crippen LogP contribution in [0.1, 0.15) is 29.3 Å². The van der Waals surface area contributed by atoms with E-state index < -0.39 is 0 Å².